The van der Waals surface area contributed by atoms with E-state index in [2.05, 4.69) is 20.9 Å². The Bertz CT molecular complexity index is 545. The lowest BCUT2D eigenvalue weighted by molar-refractivity contribution is 0.296. The molecule has 1 aromatic carbocycles. The van der Waals surface area contributed by atoms with E-state index < -0.39 is 0 Å². The zero-order chi connectivity index (χ0) is 13.0. The number of alkyl halides is 1. The quantitative estimate of drug-likeness (QED) is 0.773. The first-order chi connectivity index (χ1) is 8.72. The minimum atomic E-state index is 0.427. The number of para-hydroxylation sites is 1. The summed E-state index contributed by atoms with van der Waals surface area (Å²) in [6.07, 6.45) is 1.77. The van der Waals surface area contributed by atoms with Crippen molar-refractivity contribution in [1.82, 2.24) is 4.98 Å². The number of pyridine rings is 1. The zero-order valence-corrected chi connectivity index (χ0v) is 12.3. The van der Waals surface area contributed by atoms with Crippen LogP contribution in [0.1, 0.15) is 16.8 Å². The van der Waals surface area contributed by atoms with Crippen molar-refractivity contribution >= 4 is 27.5 Å². The minimum absolute atomic E-state index is 0.427. The minimum Gasteiger partial charge on any atom is -0.486 e. The number of hydrogen-bond acceptors (Lipinski definition) is 2. The average molecular weight is 327 g/mol. The summed E-state index contributed by atoms with van der Waals surface area (Å²) in [5.41, 5.74) is 3.03. The van der Waals surface area contributed by atoms with Gasteiger partial charge in [0.15, 0.2) is 0 Å². The molecule has 0 spiro atoms. The first kappa shape index (κ1) is 13.4. The van der Waals surface area contributed by atoms with Gasteiger partial charge in [-0.05, 0) is 40.5 Å². The van der Waals surface area contributed by atoms with E-state index in [9.17, 15) is 0 Å². The van der Waals surface area contributed by atoms with E-state index in [4.69, 9.17) is 16.3 Å². The molecule has 2 aromatic rings. The lowest BCUT2D eigenvalue weighted by Gasteiger charge is -2.12. The molecule has 0 saturated heterocycles. The van der Waals surface area contributed by atoms with Crippen molar-refractivity contribution in [2.24, 2.45) is 0 Å². The Hall–Kier alpha value is -1.06. The summed E-state index contributed by atoms with van der Waals surface area (Å²) in [6.45, 7) is 2.47. The molecular formula is C14H13BrClNO. The van der Waals surface area contributed by atoms with Gasteiger partial charge >= 0.3 is 0 Å². The molecule has 0 saturated carbocycles. The summed E-state index contributed by atoms with van der Waals surface area (Å²) in [7, 11) is 0. The summed E-state index contributed by atoms with van der Waals surface area (Å²) in [5, 5.41) is 0. The second-order valence-corrected chi connectivity index (χ2v) is 5.04. The van der Waals surface area contributed by atoms with Crippen LogP contribution in [0.25, 0.3) is 0 Å². The third kappa shape index (κ3) is 3.03. The van der Waals surface area contributed by atoms with Gasteiger partial charge in [-0.1, -0.05) is 18.2 Å². The average Bonchev–Trinajstić information content (AvgIpc) is 2.39. The van der Waals surface area contributed by atoms with Crippen LogP contribution < -0.4 is 4.74 Å². The van der Waals surface area contributed by atoms with E-state index in [1.54, 1.807) is 6.20 Å². The molecule has 0 aliphatic rings. The molecule has 94 valence electrons. The Morgan fingerprint density at radius 2 is 2.11 bits per heavy atom. The maximum absolute atomic E-state index is 5.90. The molecular weight excluding hydrogens is 314 g/mol. The van der Waals surface area contributed by atoms with Gasteiger partial charge in [-0.2, -0.15) is 0 Å². The molecule has 0 aliphatic heterocycles. The number of nitrogens with zero attached hydrogens (tertiary/aromatic N) is 1. The van der Waals surface area contributed by atoms with E-state index in [1.807, 2.05) is 37.3 Å². The molecule has 4 heteroatoms. The van der Waals surface area contributed by atoms with Crippen molar-refractivity contribution < 1.29 is 4.74 Å². The van der Waals surface area contributed by atoms with Gasteiger partial charge in [0.05, 0.1) is 16.0 Å². The third-order valence-corrected chi connectivity index (χ3v) is 3.58. The highest BCUT2D eigenvalue weighted by Gasteiger charge is 2.08. The Morgan fingerprint density at radius 3 is 2.83 bits per heavy atom. The normalized spacial score (nSPS) is 10.4. The molecule has 0 fully saturated rings. The van der Waals surface area contributed by atoms with Crippen LogP contribution in [-0.4, -0.2) is 4.98 Å². The van der Waals surface area contributed by atoms with Gasteiger partial charge in [0.2, 0.25) is 0 Å². The maximum atomic E-state index is 5.90. The van der Waals surface area contributed by atoms with Crippen LogP contribution in [0, 0.1) is 6.92 Å². The molecule has 0 unspecified atom stereocenters. The lowest BCUT2D eigenvalue weighted by atomic mass is 10.2. The molecule has 1 aromatic heterocycles. The molecule has 18 heavy (non-hydrogen) atoms. The fourth-order valence-electron chi connectivity index (χ4n) is 1.63. The lowest BCUT2D eigenvalue weighted by Crippen LogP contribution is -2.02. The van der Waals surface area contributed by atoms with E-state index in [-0.39, 0.29) is 0 Å². The second-order valence-electron chi connectivity index (χ2n) is 3.92. The Labute approximate surface area is 120 Å². The number of aryl methyl sites for hydroxylation is 1. The Morgan fingerprint density at radius 1 is 1.28 bits per heavy atom. The summed E-state index contributed by atoms with van der Waals surface area (Å²) in [5.74, 6) is 1.22. The highest BCUT2D eigenvalue weighted by Crippen LogP contribution is 2.30. The largest absolute Gasteiger partial charge is 0.486 e. The van der Waals surface area contributed by atoms with Crippen LogP contribution in [0.15, 0.2) is 41.0 Å². The van der Waals surface area contributed by atoms with Gasteiger partial charge < -0.3 is 4.74 Å². The highest BCUT2D eigenvalue weighted by molar-refractivity contribution is 9.10. The van der Waals surface area contributed by atoms with Gasteiger partial charge in [-0.15, -0.1) is 11.6 Å². The van der Waals surface area contributed by atoms with Crippen LogP contribution in [0.5, 0.6) is 5.75 Å². The van der Waals surface area contributed by atoms with E-state index in [0.717, 1.165) is 27.0 Å². The Kier molecular flexibility index (Phi) is 4.61. The van der Waals surface area contributed by atoms with Gasteiger partial charge in [-0.25, -0.2) is 0 Å². The number of aromatic nitrogens is 1. The number of halogens is 2. The topological polar surface area (TPSA) is 22.1 Å². The smallest absolute Gasteiger partial charge is 0.138 e. The van der Waals surface area contributed by atoms with E-state index >= 15 is 0 Å². The molecule has 2 nitrogen and oxygen atoms in total. The van der Waals surface area contributed by atoms with Crippen LogP contribution in [0.3, 0.4) is 0 Å². The summed E-state index contributed by atoms with van der Waals surface area (Å²) in [4.78, 5) is 4.31. The maximum Gasteiger partial charge on any atom is 0.138 e. The number of rotatable bonds is 4. The standard InChI is InChI=1S/C14H13BrClNO/c1-10-4-3-7-17-13(10)9-18-14-11(8-16)5-2-6-12(14)15/h2-7H,8-9H2,1H3. The van der Waals surface area contributed by atoms with Crippen molar-refractivity contribution in [3.05, 3.63) is 57.8 Å². The third-order valence-electron chi connectivity index (χ3n) is 2.66. The predicted octanol–water partition coefficient (Wildman–Crippen LogP) is 4.47. The first-order valence-electron chi connectivity index (χ1n) is 5.59. The highest BCUT2D eigenvalue weighted by atomic mass is 79.9. The molecule has 0 amide bonds. The van der Waals surface area contributed by atoms with Gasteiger partial charge in [-0.3, -0.25) is 4.98 Å². The van der Waals surface area contributed by atoms with Crippen LogP contribution in [0.2, 0.25) is 0 Å². The van der Waals surface area contributed by atoms with Gasteiger partial charge in [0, 0.05) is 11.8 Å². The summed E-state index contributed by atoms with van der Waals surface area (Å²) >= 11 is 9.38. The Balaban J connectivity index is 2.18. The molecule has 0 bridgehead atoms. The summed E-state index contributed by atoms with van der Waals surface area (Å²) < 4.78 is 6.74. The monoisotopic (exact) mass is 325 g/mol. The summed E-state index contributed by atoms with van der Waals surface area (Å²) in [6, 6.07) is 9.78. The SMILES string of the molecule is Cc1cccnc1COc1c(Br)cccc1CCl. The van der Waals surface area contributed by atoms with Crippen molar-refractivity contribution in [3.63, 3.8) is 0 Å². The van der Waals surface area contributed by atoms with Crippen molar-refractivity contribution in [2.75, 3.05) is 0 Å². The molecule has 0 radical (unpaired) electrons. The first-order valence-corrected chi connectivity index (χ1v) is 6.91. The molecule has 1 heterocycles. The molecule has 0 N–H and O–H groups in total. The number of hydrogen-bond donors (Lipinski definition) is 0. The molecule has 2 rings (SSSR count). The van der Waals surface area contributed by atoms with Crippen molar-refractivity contribution in [3.8, 4) is 5.75 Å². The van der Waals surface area contributed by atoms with E-state index in [0.29, 0.717) is 12.5 Å². The number of benzene rings is 1. The van der Waals surface area contributed by atoms with E-state index in [1.165, 1.54) is 0 Å². The fourth-order valence-corrected chi connectivity index (χ4v) is 2.36. The van der Waals surface area contributed by atoms with Crippen molar-refractivity contribution in [1.29, 1.82) is 0 Å². The van der Waals surface area contributed by atoms with Crippen LogP contribution in [0.4, 0.5) is 0 Å². The predicted molar refractivity (Wildman–Crippen MR) is 77.0 cm³/mol. The number of ether oxygens (including phenoxy) is 1. The molecule has 0 aliphatic carbocycles. The van der Waals surface area contributed by atoms with Crippen molar-refractivity contribution in [2.45, 2.75) is 19.4 Å². The van der Waals surface area contributed by atoms with Gasteiger partial charge in [0.1, 0.15) is 12.4 Å². The zero-order valence-electron chi connectivity index (χ0n) is 9.99. The van der Waals surface area contributed by atoms with Crippen LogP contribution in [-0.2, 0) is 12.5 Å². The van der Waals surface area contributed by atoms with Gasteiger partial charge in [0.25, 0.3) is 0 Å². The van der Waals surface area contributed by atoms with Crippen LogP contribution >= 0.6 is 27.5 Å². The second kappa shape index (κ2) is 6.21. The molecule has 0 atom stereocenters. The fraction of sp³-hybridized carbons (Fsp3) is 0.214.